The van der Waals surface area contributed by atoms with Crippen molar-refractivity contribution in [3.8, 4) is 0 Å². The van der Waals surface area contributed by atoms with Crippen molar-refractivity contribution in [3.63, 3.8) is 0 Å². The van der Waals surface area contributed by atoms with Crippen molar-refractivity contribution in [3.05, 3.63) is 126 Å². The lowest BCUT2D eigenvalue weighted by atomic mass is 10.2. The van der Waals surface area contributed by atoms with Crippen molar-refractivity contribution in [1.29, 1.82) is 0 Å². The molecule has 0 unspecified atom stereocenters. The molecule has 29 heavy (non-hydrogen) atoms. The highest BCUT2D eigenvalue weighted by Crippen LogP contribution is 2.44. The van der Waals surface area contributed by atoms with Crippen molar-refractivity contribution < 1.29 is 9.90 Å². The Bertz CT molecular complexity index is 1110. The first-order valence-electron chi connectivity index (χ1n) is 9.45. The van der Waals surface area contributed by atoms with Crippen LogP contribution < -0.4 is 15.9 Å². The monoisotopic (exact) mass is 396 g/mol. The topological polar surface area (TPSA) is 37.3 Å². The molecule has 0 radical (unpaired) electrons. The highest BCUT2D eigenvalue weighted by atomic mass is 31.2. The molecule has 0 bridgehead atoms. The molecule has 4 aromatic rings. The Morgan fingerprint density at radius 3 is 1.45 bits per heavy atom. The molecule has 0 aromatic heterocycles. The molecular formula is C26H21O2P. The number of rotatable bonds is 5. The Kier molecular flexibility index (Phi) is 5.46. The van der Waals surface area contributed by atoms with Gasteiger partial charge in [-0.25, -0.2) is 4.79 Å². The van der Waals surface area contributed by atoms with Gasteiger partial charge >= 0.3 is 5.97 Å². The van der Waals surface area contributed by atoms with Crippen molar-refractivity contribution in [2.45, 2.75) is 0 Å². The third-order valence-electron chi connectivity index (χ3n) is 4.99. The number of carboxylic acid groups (broad SMARTS) is 1. The van der Waals surface area contributed by atoms with E-state index in [1.807, 2.05) is 42.5 Å². The summed E-state index contributed by atoms with van der Waals surface area (Å²) in [5, 5.41) is 12.9. The fourth-order valence-electron chi connectivity index (χ4n) is 3.60. The van der Waals surface area contributed by atoms with Crippen LogP contribution in [0.3, 0.4) is 0 Å². The van der Waals surface area contributed by atoms with Crippen LogP contribution in [-0.4, -0.2) is 16.9 Å². The largest absolute Gasteiger partial charge is 0.478 e. The quantitative estimate of drug-likeness (QED) is 0.504. The van der Waals surface area contributed by atoms with E-state index in [1.165, 1.54) is 10.6 Å². The van der Waals surface area contributed by atoms with Gasteiger partial charge in [0.05, 0.1) is 5.56 Å². The molecule has 4 aromatic carbocycles. The standard InChI is InChI=1S/C26H21O2P/c27-26(28)22-16-18-25(19-17-22)29(23-12-6-2-7-13-23,24-14-8-3-9-15-24)20-21-10-4-1-5-11-21/h1-20H,(H,27,28). The number of carboxylic acids is 1. The van der Waals surface area contributed by atoms with Gasteiger partial charge in [-0.05, 0) is 46.3 Å². The maximum absolute atomic E-state index is 11.4. The van der Waals surface area contributed by atoms with E-state index in [4.69, 9.17) is 0 Å². The van der Waals surface area contributed by atoms with Crippen molar-refractivity contribution in [1.82, 2.24) is 0 Å². The molecule has 0 fully saturated rings. The number of carbonyl (C=O) groups is 1. The summed E-state index contributed by atoms with van der Waals surface area (Å²) >= 11 is 0. The van der Waals surface area contributed by atoms with Gasteiger partial charge in [-0.2, -0.15) is 0 Å². The number of hydrogen-bond donors (Lipinski definition) is 1. The van der Waals surface area contributed by atoms with E-state index in [-0.39, 0.29) is 0 Å². The van der Waals surface area contributed by atoms with Gasteiger partial charge in [-0.3, -0.25) is 0 Å². The van der Waals surface area contributed by atoms with E-state index in [9.17, 15) is 9.90 Å². The summed E-state index contributed by atoms with van der Waals surface area (Å²) in [5.74, 6) is 1.46. The van der Waals surface area contributed by atoms with E-state index in [2.05, 4.69) is 66.5 Å². The van der Waals surface area contributed by atoms with Crippen LogP contribution in [0.5, 0.6) is 0 Å². The van der Waals surface area contributed by atoms with E-state index in [0.29, 0.717) is 5.56 Å². The molecule has 142 valence electrons. The molecule has 4 rings (SSSR count). The summed E-state index contributed by atoms with van der Waals surface area (Å²) in [6.07, 6.45) is 0. The first-order chi connectivity index (χ1) is 14.2. The second-order valence-corrected chi connectivity index (χ2v) is 10.0. The Morgan fingerprint density at radius 2 is 1.00 bits per heavy atom. The molecule has 0 saturated carbocycles. The van der Waals surface area contributed by atoms with Gasteiger partial charge in [0.25, 0.3) is 0 Å². The fraction of sp³-hybridized carbons (Fsp3) is 0. The van der Waals surface area contributed by atoms with Gasteiger partial charge in [-0.1, -0.05) is 103 Å². The Hall–Kier alpha value is -3.35. The predicted octanol–water partition coefficient (Wildman–Crippen LogP) is 4.53. The normalized spacial score (nSPS) is 11.0. The molecule has 2 nitrogen and oxygen atoms in total. The van der Waals surface area contributed by atoms with Crippen LogP contribution >= 0.6 is 6.89 Å². The van der Waals surface area contributed by atoms with Gasteiger partial charge < -0.3 is 5.11 Å². The summed E-state index contributed by atoms with van der Waals surface area (Å²) < 4.78 is 0. The zero-order chi connectivity index (χ0) is 20.1. The van der Waals surface area contributed by atoms with Crippen LogP contribution in [0.4, 0.5) is 0 Å². The van der Waals surface area contributed by atoms with E-state index >= 15 is 0 Å². The second kappa shape index (κ2) is 8.34. The molecular weight excluding hydrogens is 375 g/mol. The lowest BCUT2D eigenvalue weighted by Crippen LogP contribution is -2.27. The number of benzene rings is 4. The van der Waals surface area contributed by atoms with E-state index in [1.54, 1.807) is 12.1 Å². The van der Waals surface area contributed by atoms with Crippen LogP contribution in [0, 0.1) is 0 Å². The van der Waals surface area contributed by atoms with Gasteiger partial charge in [0, 0.05) is 0 Å². The van der Waals surface area contributed by atoms with E-state index < -0.39 is 12.9 Å². The molecule has 0 spiro atoms. The van der Waals surface area contributed by atoms with Crippen LogP contribution in [-0.2, 0) is 0 Å². The summed E-state index contributed by atoms with van der Waals surface area (Å²) in [6.45, 7) is -2.14. The zero-order valence-electron chi connectivity index (χ0n) is 15.8. The fourth-order valence-corrected chi connectivity index (χ4v) is 7.46. The summed E-state index contributed by atoms with van der Waals surface area (Å²) in [7, 11) is 0. The maximum atomic E-state index is 11.4. The van der Waals surface area contributed by atoms with E-state index in [0.717, 1.165) is 10.9 Å². The van der Waals surface area contributed by atoms with Crippen LogP contribution in [0.15, 0.2) is 115 Å². The first-order valence-corrected chi connectivity index (χ1v) is 11.3. The van der Waals surface area contributed by atoms with Gasteiger partial charge in [0.15, 0.2) is 0 Å². The average molecular weight is 396 g/mol. The molecule has 0 aliphatic heterocycles. The highest BCUT2D eigenvalue weighted by Gasteiger charge is 2.25. The molecule has 0 atom stereocenters. The summed E-state index contributed by atoms with van der Waals surface area (Å²) in [4.78, 5) is 11.4. The van der Waals surface area contributed by atoms with Crippen molar-refractivity contribution >= 4 is 34.6 Å². The summed E-state index contributed by atoms with van der Waals surface area (Å²) in [5.41, 5.74) is 1.45. The molecule has 0 amide bonds. The second-order valence-electron chi connectivity index (χ2n) is 6.79. The highest BCUT2D eigenvalue weighted by molar-refractivity contribution is 7.94. The minimum Gasteiger partial charge on any atom is -0.478 e. The maximum Gasteiger partial charge on any atom is 0.335 e. The number of hydrogen-bond acceptors (Lipinski definition) is 1. The molecule has 0 aliphatic carbocycles. The lowest BCUT2D eigenvalue weighted by Gasteiger charge is -2.29. The Balaban J connectivity index is 2.09. The molecule has 1 N–H and O–H groups in total. The molecule has 0 saturated heterocycles. The smallest absolute Gasteiger partial charge is 0.335 e. The first kappa shape index (κ1) is 19.0. The van der Waals surface area contributed by atoms with Crippen LogP contribution in [0.2, 0.25) is 0 Å². The average Bonchev–Trinajstić information content (AvgIpc) is 2.79. The van der Waals surface area contributed by atoms with Gasteiger partial charge in [0.1, 0.15) is 0 Å². The molecule has 3 heteroatoms. The van der Waals surface area contributed by atoms with Crippen molar-refractivity contribution in [2.24, 2.45) is 0 Å². The lowest BCUT2D eigenvalue weighted by molar-refractivity contribution is 0.0697. The Morgan fingerprint density at radius 1 is 0.586 bits per heavy atom. The number of aromatic carboxylic acids is 1. The van der Waals surface area contributed by atoms with Gasteiger partial charge in [0.2, 0.25) is 0 Å². The third-order valence-corrected chi connectivity index (χ3v) is 9.01. The SMILES string of the molecule is O=C(O)c1ccc(P(=Cc2ccccc2)(c2ccccc2)c2ccccc2)cc1. The third kappa shape index (κ3) is 3.81. The zero-order valence-corrected chi connectivity index (χ0v) is 16.7. The van der Waals surface area contributed by atoms with Crippen LogP contribution in [0.1, 0.15) is 15.9 Å². The Labute approximate surface area is 171 Å². The minimum atomic E-state index is -2.14. The minimum absolute atomic E-state index is 0.299. The summed E-state index contributed by atoms with van der Waals surface area (Å²) in [6, 6.07) is 38.7. The molecule has 0 aliphatic rings. The van der Waals surface area contributed by atoms with Crippen molar-refractivity contribution in [2.75, 3.05) is 0 Å². The predicted molar refractivity (Wildman–Crippen MR) is 124 cm³/mol. The van der Waals surface area contributed by atoms with Crippen LogP contribution in [0.25, 0.3) is 0 Å². The van der Waals surface area contributed by atoms with Gasteiger partial charge in [-0.15, -0.1) is 0 Å². The molecule has 0 heterocycles.